The van der Waals surface area contributed by atoms with Crippen LogP contribution in [0.15, 0.2) is 0 Å². The molecule has 2 amide bonds. The van der Waals surface area contributed by atoms with Crippen molar-refractivity contribution in [3.05, 3.63) is 0 Å². The van der Waals surface area contributed by atoms with Crippen LogP contribution in [0.3, 0.4) is 0 Å². The first-order valence-corrected chi connectivity index (χ1v) is 5.84. The topological polar surface area (TPSA) is 58.6 Å². The summed E-state index contributed by atoms with van der Waals surface area (Å²) in [4.78, 5) is 24.9. The summed E-state index contributed by atoms with van der Waals surface area (Å²) in [5.41, 5.74) is 0. The van der Waals surface area contributed by atoms with Gasteiger partial charge in [0.1, 0.15) is 0 Å². The molecular formula is C11H18N2O3. The minimum Gasteiger partial charge on any atom is -0.378 e. The van der Waals surface area contributed by atoms with Crippen LogP contribution in [-0.4, -0.2) is 48.6 Å². The first-order valence-electron chi connectivity index (χ1n) is 5.84. The van der Waals surface area contributed by atoms with E-state index in [2.05, 4.69) is 5.32 Å². The van der Waals surface area contributed by atoms with Crippen molar-refractivity contribution in [1.82, 2.24) is 10.2 Å². The van der Waals surface area contributed by atoms with Gasteiger partial charge in [0, 0.05) is 25.6 Å². The van der Waals surface area contributed by atoms with Gasteiger partial charge in [0.05, 0.1) is 12.6 Å². The van der Waals surface area contributed by atoms with E-state index in [-0.39, 0.29) is 30.5 Å². The molecule has 2 unspecified atom stereocenters. The molecule has 0 spiro atoms. The Kier molecular flexibility index (Phi) is 3.43. The van der Waals surface area contributed by atoms with Crippen LogP contribution in [0.4, 0.5) is 0 Å². The predicted molar refractivity (Wildman–Crippen MR) is 57.8 cm³/mol. The fourth-order valence-electron chi connectivity index (χ4n) is 2.35. The molecule has 2 atom stereocenters. The molecule has 90 valence electrons. The number of nitrogens with zero attached hydrogens (tertiary/aromatic N) is 1. The number of hydrogen-bond acceptors (Lipinski definition) is 3. The van der Waals surface area contributed by atoms with Crippen LogP contribution in [-0.2, 0) is 14.3 Å². The van der Waals surface area contributed by atoms with Gasteiger partial charge in [0.25, 0.3) is 0 Å². The SMILES string of the molecule is CC1CC(N2CCC(=O)NCC2=O)CCO1. The predicted octanol–water partition coefficient (Wildman–Crippen LogP) is -0.0976. The van der Waals surface area contributed by atoms with Gasteiger partial charge in [0.15, 0.2) is 0 Å². The fraction of sp³-hybridized carbons (Fsp3) is 0.818. The Morgan fingerprint density at radius 1 is 1.44 bits per heavy atom. The minimum absolute atomic E-state index is 0.0315. The van der Waals surface area contributed by atoms with Gasteiger partial charge in [0.2, 0.25) is 11.8 Å². The van der Waals surface area contributed by atoms with E-state index in [9.17, 15) is 9.59 Å². The monoisotopic (exact) mass is 226 g/mol. The molecule has 0 aromatic heterocycles. The summed E-state index contributed by atoms with van der Waals surface area (Å²) < 4.78 is 5.47. The van der Waals surface area contributed by atoms with E-state index in [0.29, 0.717) is 19.6 Å². The van der Waals surface area contributed by atoms with Gasteiger partial charge in [-0.2, -0.15) is 0 Å². The lowest BCUT2D eigenvalue weighted by molar-refractivity contribution is -0.134. The molecule has 0 bridgehead atoms. The molecule has 2 fully saturated rings. The van der Waals surface area contributed by atoms with Gasteiger partial charge in [-0.1, -0.05) is 0 Å². The van der Waals surface area contributed by atoms with Gasteiger partial charge < -0.3 is 15.0 Å². The minimum atomic E-state index is -0.0315. The van der Waals surface area contributed by atoms with Crippen LogP contribution in [0.1, 0.15) is 26.2 Å². The van der Waals surface area contributed by atoms with Crippen molar-refractivity contribution in [1.29, 1.82) is 0 Å². The van der Waals surface area contributed by atoms with Crippen molar-refractivity contribution >= 4 is 11.8 Å². The third kappa shape index (κ3) is 2.52. The van der Waals surface area contributed by atoms with Gasteiger partial charge in [-0.25, -0.2) is 0 Å². The van der Waals surface area contributed by atoms with Gasteiger partial charge in [-0.05, 0) is 19.8 Å². The first kappa shape index (κ1) is 11.4. The molecule has 0 aromatic rings. The molecule has 2 aliphatic rings. The smallest absolute Gasteiger partial charge is 0.242 e. The van der Waals surface area contributed by atoms with Gasteiger partial charge >= 0.3 is 0 Å². The molecule has 1 N–H and O–H groups in total. The number of carbonyl (C=O) groups is 2. The number of carbonyl (C=O) groups excluding carboxylic acids is 2. The molecule has 16 heavy (non-hydrogen) atoms. The van der Waals surface area contributed by atoms with Crippen molar-refractivity contribution in [3.63, 3.8) is 0 Å². The summed E-state index contributed by atoms with van der Waals surface area (Å²) in [6, 6.07) is 0.240. The molecular weight excluding hydrogens is 208 g/mol. The lowest BCUT2D eigenvalue weighted by Crippen LogP contribution is -2.46. The van der Waals surface area contributed by atoms with Crippen LogP contribution >= 0.6 is 0 Å². The normalized spacial score (nSPS) is 32.2. The van der Waals surface area contributed by atoms with Crippen molar-refractivity contribution < 1.29 is 14.3 Å². The van der Waals surface area contributed by atoms with Crippen LogP contribution in [0.2, 0.25) is 0 Å². The molecule has 2 rings (SSSR count). The largest absolute Gasteiger partial charge is 0.378 e. The molecule has 5 heteroatoms. The Bertz CT molecular complexity index is 293. The second kappa shape index (κ2) is 4.82. The summed E-state index contributed by atoms with van der Waals surface area (Å²) in [5, 5.41) is 2.61. The summed E-state index contributed by atoms with van der Waals surface area (Å²) >= 11 is 0. The average Bonchev–Trinajstić information content (AvgIpc) is 2.42. The van der Waals surface area contributed by atoms with Crippen LogP contribution in [0, 0.1) is 0 Å². The van der Waals surface area contributed by atoms with Crippen LogP contribution in [0.5, 0.6) is 0 Å². The molecule has 2 saturated heterocycles. The van der Waals surface area contributed by atoms with Crippen molar-refractivity contribution in [2.75, 3.05) is 19.7 Å². The van der Waals surface area contributed by atoms with Crippen LogP contribution < -0.4 is 5.32 Å². The molecule has 0 saturated carbocycles. The number of hydrogen-bond donors (Lipinski definition) is 1. The Hall–Kier alpha value is -1.10. The van der Waals surface area contributed by atoms with Crippen LogP contribution in [0.25, 0.3) is 0 Å². The number of ether oxygens (including phenoxy) is 1. The Labute approximate surface area is 95.1 Å². The van der Waals surface area contributed by atoms with E-state index in [1.165, 1.54) is 0 Å². The molecule has 5 nitrogen and oxygen atoms in total. The van der Waals surface area contributed by atoms with E-state index in [0.717, 1.165) is 12.8 Å². The average molecular weight is 226 g/mol. The first-order chi connectivity index (χ1) is 7.66. The zero-order valence-electron chi connectivity index (χ0n) is 9.57. The Balaban J connectivity index is 2.00. The highest BCUT2D eigenvalue weighted by molar-refractivity contribution is 5.87. The molecule has 2 heterocycles. The third-order valence-electron chi connectivity index (χ3n) is 3.24. The molecule has 2 aliphatic heterocycles. The molecule has 0 aromatic carbocycles. The van der Waals surface area contributed by atoms with Gasteiger partial charge in [-0.15, -0.1) is 0 Å². The van der Waals surface area contributed by atoms with E-state index >= 15 is 0 Å². The quantitative estimate of drug-likeness (QED) is 0.679. The third-order valence-corrected chi connectivity index (χ3v) is 3.24. The standard InChI is InChI=1S/C11H18N2O3/c1-8-6-9(3-5-16-8)13-4-2-10(14)12-7-11(13)15/h8-9H,2-7H2,1H3,(H,12,14). The lowest BCUT2D eigenvalue weighted by atomic mass is 10.0. The molecule has 0 aliphatic carbocycles. The number of amides is 2. The summed E-state index contributed by atoms with van der Waals surface area (Å²) in [7, 11) is 0. The maximum absolute atomic E-state index is 11.8. The fourth-order valence-corrected chi connectivity index (χ4v) is 2.35. The maximum Gasteiger partial charge on any atom is 0.242 e. The van der Waals surface area contributed by atoms with Crippen molar-refractivity contribution in [2.45, 2.75) is 38.3 Å². The van der Waals surface area contributed by atoms with E-state index in [1.807, 2.05) is 11.8 Å². The number of nitrogens with one attached hydrogen (secondary N) is 1. The summed E-state index contributed by atoms with van der Waals surface area (Å²) in [6.45, 7) is 3.42. The van der Waals surface area contributed by atoms with Gasteiger partial charge in [-0.3, -0.25) is 9.59 Å². The van der Waals surface area contributed by atoms with E-state index < -0.39 is 0 Å². The highest BCUT2D eigenvalue weighted by atomic mass is 16.5. The van der Waals surface area contributed by atoms with Crippen molar-refractivity contribution in [2.24, 2.45) is 0 Å². The Morgan fingerprint density at radius 2 is 2.25 bits per heavy atom. The van der Waals surface area contributed by atoms with E-state index in [1.54, 1.807) is 0 Å². The highest BCUT2D eigenvalue weighted by Gasteiger charge is 2.30. The summed E-state index contributed by atoms with van der Waals surface area (Å²) in [5.74, 6) is 0.000841. The second-order valence-electron chi connectivity index (χ2n) is 4.47. The summed E-state index contributed by atoms with van der Waals surface area (Å²) in [6.07, 6.45) is 2.38. The second-order valence-corrected chi connectivity index (χ2v) is 4.47. The zero-order chi connectivity index (χ0) is 11.5. The van der Waals surface area contributed by atoms with E-state index in [4.69, 9.17) is 4.74 Å². The maximum atomic E-state index is 11.8. The lowest BCUT2D eigenvalue weighted by Gasteiger charge is -2.35. The Morgan fingerprint density at radius 3 is 3.00 bits per heavy atom. The number of rotatable bonds is 1. The highest BCUT2D eigenvalue weighted by Crippen LogP contribution is 2.20. The van der Waals surface area contributed by atoms with Crippen molar-refractivity contribution in [3.8, 4) is 0 Å². The zero-order valence-corrected chi connectivity index (χ0v) is 9.57. The molecule has 0 radical (unpaired) electrons.